The minimum atomic E-state index is -7.95. The van der Waals surface area contributed by atoms with E-state index in [4.69, 9.17) is 9.47 Å². The Bertz CT molecular complexity index is 1510. The van der Waals surface area contributed by atoms with E-state index in [0.717, 1.165) is 0 Å². The van der Waals surface area contributed by atoms with Gasteiger partial charge < -0.3 is 9.47 Å². The van der Waals surface area contributed by atoms with Crippen LogP contribution < -0.4 is 0 Å². The lowest BCUT2D eigenvalue weighted by molar-refractivity contribution is -0.440. The third kappa shape index (κ3) is 6.17. The normalized spacial score (nSPS) is 13.8. The lowest BCUT2D eigenvalue weighted by Gasteiger charge is -2.39. The zero-order valence-corrected chi connectivity index (χ0v) is 23.0. The van der Waals surface area contributed by atoms with Gasteiger partial charge in [0, 0.05) is 17.6 Å². The zero-order valence-electron chi connectivity index (χ0n) is 23.0. The fraction of sp³-hybridized carbons (Fsp3) is 0.414. The Hall–Kier alpha value is -3.56. The quantitative estimate of drug-likeness (QED) is 0.0600. The second-order valence-electron chi connectivity index (χ2n) is 9.88. The molecule has 3 nitrogen and oxygen atoms in total. The van der Waals surface area contributed by atoms with Crippen molar-refractivity contribution in [2.75, 3.05) is 6.61 Å². The highest BCUT2D eigenvalue weighted by Gasteiger charge is 2.90. The van der Waals surface area contributed by atoms with Crippen molar-refractivity contribution >= 4 is 27.5 Å². The van der Waals surface area contributed by atoms with E-state index in [2.05, 4.69) is 6.58 Å². The van der Waals surface area contributed by atoms with Gasteiger partial charge in [0.05, 0.1) is 13.2 Å². The Labute approximate surface area is 246 Å². The summed E-state index contributed by atoms with van der Waals surface area (Å²) in [5, 5.41) is 1.76. The van der Waals surface area contributed by atoms with Crippen molar-refractivity contribution in [3.8, 4) is 0 Å². The van der Waals surface area contributed by atoms with Gasteiger partial charge in [-0.2, -0.15) is 57.1 Å². The Balaban J connectivity index is 1.88. The van der Waals surface area contributed by atoms with Crippen LogP contribution in [0.1, 0.15) is 30.9 Å². The van der Waals surface area contributed by atoms with Crippen molar-refractivity contribution in [2.45, 2.75) is 68.8 Å². The van der Waals surface area contributed by atoms with Crippen LogP contribution in [0.15, 0.2) is 60.7 Å². The van der Waals surface area contributed by atoms with Crippen molar-refractivity contribution in [3.63, 3.8) is 0 Å². The average molecular weight is 666 g/mol. The first-order valence-electron chi connectivity index (χ1n) is 12.9. The topological polar surface area (TPSA) is 35.5 Å². The molecule has 0 saturated carbocycles. The summed E-state index contributed by atoms with van der Waals surface area (Å²) in [7, 11) is 0. The average Bonchev–Trinajstić information content (AvgIpc) is 2.96. The van der Waals surface area contributed by atoms with Crippen LogP contribution in [0.25, 0.3) is 21.5 Å². The first kappa shape index (κ1) is 35.9. The SMILES string of the molecule is C=C(CC)C(=O)OCc1c2ccccc2c(COCCC(F)(F)C(F)(F)C(F)(F)C(F)(F)C(F)(F)C(F)(F)F)c2ccccc12. The first-order valence-corrected chi connectivity index (χ1v) is 12.9. The Morgan fingerprint density at radius 1 is 0.644 bits per heavy atom. The molecule has 3 aromatic carbocycles. The van der Waals surface area contributed by atoms with Crippen LogP contribution in [0.3, 0.4) is 0 Å². The minimum Gasteiger partial charge on any atom is -0.457 e. The van der Waals surface area contributed by atoms with Crippen LogP contribution >= 0.6 is 0 Å². The molecule has 0 aromatic heterocycles. The van der Waals surface area contributed by atoms with Crippen molar-refractivity contribution in [1.82, 2.24) is 0 Å². The predicted octanol–water partition coefficient (Wildman–Crippen LogP) is 9.65. The van der Waals surface area contributed by atoms with Crippen LogP contribution in [0.2, 0.25) is 0 Å². The van der Waals surface area contributed by atoms with Crippen molar-refractivity contribution in [3.05, 3.63) is 71.8 Å². The van der Waals surface area contributed by atoms with E-state index in [1.54, 1.807) is 55.5 Å². The molecule has 0 N–H and O–H groups in total. The molecule has 248 valence electrons. The van der Waals surface area contributed by atoms with Gasteiger partial charge in [0.2, 0.25) is 0 Å². The number of ether oxygens (including phenoxy) is 2. The fourth-order valence-corrected chi connectivity index (χ4v) is 4.34. The number of alkyl halides is 13. The smallest absolute Gasteiger partial charge is 0.457 e. The molecule has 0 saturated heterocycles. The zero-order chi connectivity index (χ0) is 34.2. The van der Waals surface area contributed by atoms with E-state index in [0.29, 0.717) is 33.5 Å². The molecule has 0 amide bonds. The van der Waals surface area contributed by atoms with Crippen LogP contribution in [-0.4, -0.2) is 48.4 Å². The maximum atomic E-state index is 14.2. The van der Waals surface area contributed by atoms with E-state index in [-0.39, 0.29) is 17.7 Å². The lowest BCUT2D eigenvalue weighted by atomic mass is 9.92. The van der Waals surface area contributed by atoms with Gasteiger partial charge in [-0.1, -0.05) is 62.0 Å². The molecule has 0 spiro atoms. The van der Waals surface area contributed by atoms with E-state index in [9.17, 15) is 61.9 Å². The van der Waals surface area contributed by atoms with Gasteiger partial charge in [-0.25, -0.2) is 4.79 Å². The first-order chi connectivity index (χ1) is 20.6. The molecule has 0 aliphatic rings. The summed E-state index contributed by atoms with van der Waals surface area (Å²) < 4.78 is 184. The summed E-state index contributed by atoms with van der Waals surface area (Å²) in [6.07, 6.45) is -9.61. The number of esters is 1. The largest absolute Gasteiger partial charge is 0.460 e. The molecular weight excluding hydrogens is 643 g/mol. The predicted molar refractivity (Wildman–Crippen MR) is 136 cm³/mol. The number of carbonyl (C=O) groups is 1. The van der Waals surface area contributed by atoms with Crippen LogP contribution in [0, 0.1) is 0 Å². The number of hydrogen-bond donors (Lipinski definition) is 0. The Kier molecular flexibility index (Phi) is 9.84. The third-order valence-corrected chi connectivity index (χ3v) is 7.02. The van der Waals surface area contributed by atoms with Crippen LogP contribution in [0.5, 0.6) is 0 Å². The molecule has 0 radical (unpaired) electrons. The molecule has 0 atom stereocenters. The summed E-state index contributed by atoms with van der Waals surface area (Å²) in [5.74, 6) is -37.9. The maximum absolute atomic E-state index is 14.2. The standard InChI is InChI=1S/C29H23F13O3/c1-3-16(2)23(43)45-15-22-19-10-6-4-8-17(19)21(18-9-5-7-11-20(18)22)14-44-13-12-24(30,31)25(32,33)26(34,35)27(36,37)28(38,39)29(40,41)42/h4-11H,2-3,12-15H2,1H3. The minimum absolute atomic E-state index is 0.201. The summed E-state index contributed by atoms with van der Waals surface area (Å²) in [4.78, 5) is 12.2. The summed E-state index contributed by atoms with van der Waals surface area (Å²) in [6, 6.07) is 12.6. The van der Waals surface area contributed by atoms with Gasteiger partial charge in [0.15, 0.2) is 0 Å². The summed E-state index contributed by atoms with van der Waals surface area (Å²) >= 11 is 0. The fourth-order valence-electron chi connectivity index (χ4n) is 4.34. The molecule has 16 heteroatoms. The molecule has 0 heterocycles. The molecule has 45 heavy (non-hydrogen) atoms. The lowest BCUT2D eigenvalue weighted by Crippen LogP contribution is -2.70. The number of halogens is 13. The van der Waals surface area contributed by atoms with Crippen LogP contribution in [0.4, 0.5) is 57.1 Å². The second-order valence-corrected chi connectivity index (χ2v) is 9.88. The van der Waals surface area contributed by atoms with E-state index < -0.39 is 61.4 Å². The molecule has 0 unspecified atom stereocenters. The Morgan fingerprint density at radius 3 is 1.44 bits per heavy atom. The van der Waals surface area contributed by atoms with Crippen LogP contribution in [-0.2, 0) is 27.5 Å². The highest BCUT2D eigenvalue weighted by Crippen LogP contribution is 2.60. The highest BCUT2D eigenvalue weighted by atomic mass is 19.4. The van der Waals surface area contributed by atoms with Crippen molar-refractivity contribution in [1.29, 1.82) is 0 Å². The summed E-state index contributed by atoms with van der Waals surface area (Å²) in [5.41, 5.74) is 0.963. The third-order valence-electron chi connectivity index (χ3n) is 7.02. The number of hydrogen-bond acceptors (Lipinski definition) is 3. The maximum Gasteiger partial charge on any atom is 0.460 e. The van der Waals surface area contributed by atoms with E-state index >= 15 is 0 Å². The summed E-state index contributed by atoms with van der Waals surface area (Å²) in [6.45, 7) is 2.86. The number of benzene rings is 3. The number of fused-ring (bicyclic) bond motifs is 2. The van der Waals surface area contributed by atoms with Gasteiger partial charge >= 0.3 is 41.8 Å². The van der Waals surface area contributed by atoms with Gasteiger partial charge in [0.1, 0.15) is 6.61 Å². The molecule has 0 bridgehead atoms. The van der Waals surface area contributed by atoms with Gasteiger partial charge in [-0.05, 0) is 33.5 Å². The molecule has 3 rings (SSSR count). The molecular formula is C29H23F13O3. The van der Waals surface area contributed by atoms with Gasteiger partial charge in [-0.15, -0.1) is 0 Å². The number of carbonyl (C=O) groups excluding carboxylic acids is 1. The van der Waals surface area contributed by atoms with Gasteiger partial charge in [0.25, 0.3) is 0 Å². The number of rotatable bonds is 13. The highest BCUT2D eigenvalue weighted by molar-refractivity contribution is 6.05. The van der Waals surface area contributed by atoms with Crippen molar-refractivity contribution in [2.24, 2.45) is 0 Å². The second kappa shape index (κ2) is 12.3. The van der Waals surface area contributed by atoms with E-state index in [1.165, 1.54) is 0 Å². The van der Waals surface area contributed by atoms with Crippen molar-refractivity contribution < 1.29 is 71.3 Å². The molecule has 0 aliphatic heterocycles. The molecule has 3 aromatic rings. The molecule has 0 fully saturated rings. The molecule has 0 aliphatic carbocycles. The van der Waals surface area contributed by atoms with Gasteiger partial charge in [-0.3, -0.25) is 0 Å². The Morgan fingerprint density at radius 2 is 1.04 bits per heavy atom. The monoisotopic (exact) mass is 666 g/mol. The van der Waals surface area contributed by atoms with E-state index in [1.807, 2.05) is 0 Å².